The monoisotopic (exact) mass is 422 g/mol. The second-order valence-corrected chi connectivity index (χ2v) is 8.52. The molecule has 0 saturated heterocycles. The van der Waals surface area contributed by atoms with E-state index < -0.39 is 33.8 Å². The highest BCUT2D eigenvalue weighted by Crippen LogP contribution is 2.28. The van der Waals surface area contributed by atoms with Crippen LogP contribution in [0.3, 0.4) is 0 Å². The molecule has 1 heterocycles. The molecule has 146 valence electrons. The van der Waals surface area contributed by atoms with Crippen molar-refractivity contribution >= 4 is 49.0 Å². The maximum atomic E-state index is 13.8. The largest absolute Gasteiger partial charge is 0.448 e. The van der Waals surface area contributed by atoms with Crippen molar-refractivity contribution in [3.8, 4) is 0 Å². The Hall–Kier alpha value is -2.82. The predicted molar refractivity (Wildman–Crippen MR) is 103 cm³/mol. The standard InChI is InChI=1S/C18H15FN2O5S2/c1-10(17(22)21-11-4-2-5-12(8-11)28(20,24)25)26-18(23)16-9-13-14(19)6-3-7-15(13)27-16/h2-10H,1H3,(H,21,22)(H2,20,24,25). The van der Waals surface area contributed by atoms with Crippen LogP contribution >= 0.6 is 11.3 Å². The van der Waals surface area contributed by atoms with Crippen molar-refractivity contribution in [2.24, 2.45) is 5.14 Å². The number of nitrogens with one attached hydrogen (secondary N) is 1. The van der Waals surface area contributed by atoms with Crippen molar-refractivity contribution < 1.29 is 27.1 Å². The quantitative estimate of drug-likeness (QED) is 0.614. The second kappa shape index (κ2) is 7.66. The highest BCUT2D eigenvalue weighted by atomic mass is 32.2. The number of benzene rings is 2. The third kappa shape index (κ3) is 4.35. The zero-order valence-electron chi connectivity index (χ0n) is 14.5. The van der Waals surface area contributed by atoms with Gasteiger partial charge in [-0.3, -0.25) is 4.79 Å². The first-order valence-electron chi connectivity index (χ1n) is 7.98. The molecule has 1 atom stereocenters. The van der Waals surface area contributed by atoms with Gasteiger partial charge in [0.25, 0.3) is 5.91 Å². The van der Waals surface area contributed by atoms with Crippen LogP contribution in [0.25, 0.3) is 10.1 Å². The first kappa shape index (κ1) is 19.9. The smallest absolute Gasteiger partial charge is 0.349 e. The van der Waals surface area contributed by atoms with Crippen LogP contribution in [0.1, 0.15) is 16.6 Å². The second-order valence-electron chi connectivity index (χ2n) is 5.87. The molecule has 28 heavy (non-hydrogen) atoms. The molecule has 0 spiro atoms. The van der Waals surface area contributed by atoms with E-state index in [2.05, 4.69) is 5.32 Å². The Morgan fingerprint density at radius 3 is 2.57 bits per heavy atom. The lowest BCUT2D eigenvalue weighted by atomic mass is 10.2. The zero-order chi connectivity index (χ0) is 20.5. The fourth-order valence-electron chi connectivity index (χ4n) is 2.39. The van der Waals surface area contributed by atoms with Gasteiger partial charge in [0.15, 0.2) is 6.10 Å². The van der Waals surface area contributed by atoms with Crippen molar-refractivity contribution in [1.29, 1.82) is 0 Å². The van der Waals surface area contributed by atoms with E-state index in [1.807, 2.05) is 0 Å². The number of carbonyl (C=O) groups is 2. The van der Waals surface area contributed by atoms with Crippen molar-refractivity contribution in [3.05, 3.63) is 59.2 Å². The van der Waals surface area contributed by atoms with Gasteiger partial charge < -0.3 is 10.1 Å². The van der Waals surface area contributed by atoms with Crippen molar-refractivity contribution in [2.75, 3.05) is 5.32 Å². The fourth-order valence-corrected chi connectivity index (χ4v) is 3.91. The van der Waals surface area contributed by atoms with Gasteiger partial charge in [-0.1, -0.05) is 12.1 Å². The minimum absolute atomic E-state index is 0.163. The molecule has 0 aliphatic carbocycles. The molecule has 1 aromatic heterocycles. The Bertz CT molecular complexity index is 1170. The van der Waals surface area contributed by atoms with Gasteiger partial charge in [-0.2, -0.15) is 0 Å². The number of esters is 1. The summed E-state index contributed by atoms with van der Waals surface area (Å²) in [6, 6.07) is 11.2. The van der Waals surface area contributed by atoms with Crippen molar-refractivity contribution in [2.45, 2.75) is 17.9 Å². The van der Waals surface area contributed by atoms with Crippen LogP contribution in [0.2, 0.25) is 0 Å². The molecule has 0 saturated carbocycles. The normalized spacial score (nSPS) is 12.5. The number of ether oxygens (including phenoxy) is 1. The number of amides is 1. The van der Waals surface area contributed by atoms with Crippen LogP contribution in [0.4, 0.5) is 10.1 Å². The lowest BCUT2D eigenvalue weighted by Crippen LogP contribution is -2.29. The number of thiophene rings is 1. The summed E-state index contributed by atoms with van der Waals surface area (Å²) in [5.74, 6) is -1.87. The van der Waals surface area contributed by atoms with Crippen molar-refractivity contribution in [3.63, 3.8) is 0 Å². The van der Waals surface area contributed by atoms with E-state index in [9.17, 15) is 22.4 Å². The van der Waals surface area contributed by atoms with E-state index in [0.717, 1.165) is 11.3 Å². The predicted octanol–water partition coefficient (Wildman–Crippen LogP) is 2.87. The molecule has 7 nitrogen and oxygen atoms in total. The fraction of sp³-hybridized carbons (Fsp3) is 0.111. The van der Waals surface area contributed by atoms with Crippen LogP contribution < -0.4 is 10.5 Å². The Morgan fingerprint density at radius 1 is 1.18 bits per heavy atom. The van der Waals surface area contributed by atoms with Crippen LogP contribution in [0, 0.1) is 5.82 Å². The summed E-state index contributed by atoms with van der Waals surface area (Å²) in [7, 11) is -3.92. The lowest BCUT2D eigenvalue weighted by Gasteiger charge is -2.13. The van der Waals surface area contributed by atoms with Gasteiger partial charge in [-0.25, -0.2) is 22.7 Å². The number of hydrogen-bond donors (Lipinski definition) is 2. The number of rotatable bonds is 5. The van der Waals surface area contributed by atoms with Crippen molar-refractivity contribution in [1.82, 2.24) is 0 Å². The number of anilines is 1. The third-order valence-corrected chi connectivity index (χ3v) is 5.78. The summed E-state index contributed by atoms with van der Waals surface area (Å²) in [5, 5.41) is 7.81. The topological polar surface area (TPSA) is 116 Å². The average molecular weight is 422 g/mol. The molecule has 0 radical (unpaired) electrons. The Morgan fingerprint density at radius 2 is 1.89 bits per heavy atom. The number of hydrogen-bond acceptors (Lipinski definition) is 6. The summed E-state index contributed by atoms with van der Waals surface area (Å²) in [6.45, 7) is 1.37. The zero-order valence-corrected chi connectivity index (χ0v) is 16.1. The molecule has 3 aromatic rings. The molecule has 0 aliphatic heterocycles. The van der Waals surface area contributed by atoms with Crippen LogP contribution in [0.5, 0.6) is 0 Å². The first-order chi connectivity index (χ1) is 13.1. The summed E-state index contributed by atoms with van der Waals surface area (Å²) >= 11 is 1.06. The number of sulfonamides is 1. The molecular formula is C18H15FN2O5S2. The average Bonchev–Trinajstić information content (AvgIpc) is 3.07. The lowest BCUT2D eigenvalue weighted by molar-refractivity contribution is -0.123. The van der Waals surface area contributed by atoms with Gasteiger partial charge >= 0.3 is 5.97 Å². The summed E-state index contributed by atoms with van der Waals surface area (Å²) < 4.78 is 42.2. The van der Waals surface area contributed by atoms with E-state index >= 15 is 0 Å². The molecule has 1 amide bonds. The molecule has 0 aliphatic rings. The molecule has 1 unspecified atom stereocenters. The van der Waals surface area contributed by atoms with Crippen LogP contribution in [-0.2, 0) is 19.6 Å². The molecule has 2 aromatic carbocycles. The minimum Gasteiger partial charge on any atom is -0.448 e. The van der Waals surface area contributed by atoms with E-state index in [1.54, 1.807) is 6.07 Å². The molecule has 3 rings (SSSR count). The number of carbonyl (C=O) groups excluding carboxylic acids is 2. The van der Waals surface area contributed by atoms with Crippen LogP contribution in [-0.4, -0.2) is 26.4 Å². The summed E-state index contributed by atoms with van der Waals surface area (Å²) in [5.41, 5.74) is 0.184. The van der Waals surface area contributed by atoms with Gasteiger partial charge in [-0.05, 0) is 43.3 Å². The van der Waals surface area contributed by atoms with Gasteiger partial charge in [-0.15, -0.1) is 11.3 Å². The highest BCUT2D eigenvalue weighted by molar-refractivity contribution is 7.89. The number of primary sulfonamides is 1. The van der Waals surface area contributed by atoms with Gasteiger partial charge in [0.1, 0.15) is 10.7 Å². The van der Waals surface area contributed by atoms with Gasteiger partial charge in [0, 0.05) is 15.8 Å². The third-order valence-electron chi connectivity index (χ3n) is 3.79. The summed E-state index contributed by atoms with van der Waals surface area (Å²) in [6.07, 6.45) is -1.17. The SMILES string of the molecule is CC(OC(=O)c1cc2c(F)cccc2s1)C(=O)Nc1cccc(S(N)(=O)=O)c1. The highest BCUT2D eigenvalue weighted by Gasteiger charge is 2.21. The maximum Gasteiger partial charge on any atom is 0.349 e. The van der Waals surface area contributed by atoms with Gasteiger partial charge in [0.05, 0.1) is 4.90 Å². The Kier molecular flexibility index (Phi) is 5.45. The summed E-state index contributed by atoms with van der Waals surface area (Å²) in [4.78, 5) is 24.5. The van der Waals surface area contributed by atoms with E-state index in [1.165, 1.54) is 49.4 Å². The van der Waals surface area contributed by atoms with E-state index in [0.29, 0.717) is 10.1 Å². The molecule has 3 N–H and O–H groups in total. The molecule has 0 bridgehead atoms. The molecule has 10 heteroatoms. The first-order valence-corrected chi connectivity index (χ1v) is 10.3. The van der Waals surface area contributed by atoms with Gasteiger partial charge in [0.2, 0.25) is 10.0 Å². The van der Waals surface area contributed by atoms with E-state index in [4.69, 9.17) is 9.88 Å². The molecule has 0 fully saturated rings. The van der Waals surface area contributed by atoms with E-state index in [-0.39, 0.29) is 15.5 Å². The number of nitrogens with two attached hydrogens (primary N) is 1. The number of fused-ring (bicyclic) bond motifs is 1. The van der Waals surface area contributed by atoms with Crippen LogP contribution in [0.15, 0.2) is 53.4 Å². The Labute approximate surface area is 164 Å². The maximum absolute atomic E-state index is 13.8. The number of halogens is 1. The molecular weight excluding hydrogens is 407 g/mol. The Balaban J connectivity index is 1.70. The minimum atomic E-state index is -3.92.